The lowest BCUT2D eigenvalue weighted by molar-refractivity contribution is -0.154. The van der Waals surface area contributed by atoms with Crippen molar-refractivity contribution in [1.82, 2.24) is 16.0 Å². The number of hydrogen-bond donors (Lipinski definition) is 10. The Morgan fingerprint density at radius 3 is 1.08 bits per heavy atom. The van der Waals surface area contributed by atoms with Crippen molar-refractivity contribution in [3.05, 3.63) is 0 Å². The molecule has 3 atom stereocenters. The highest BCUT2D eigenvalue weighted by atomic mass is 16.4. The van der Waals surface area contributed by atoms with Crippen LogP contribution in [-0.2, 0) is 43.2 Å². The first-order valence-corrected chi connectivity index (χ1v) is 10.0. The lowest BCUT2D eigenvalue weighted by atomic mass is 9.92. The summed E-state index contributed by atoms with van der Waals surface area (Å²) < 4.78 is 0. The van der Waals surface area contributed by atoms with Crippen molar-refractivity contribution in [2.75, 3.05) is 0 Å². The van der Waals surface area contributed by atoms with Gasteiger partial charge in [-0.25, -0.2) is 14.4 Å². The summed E-state index contributed by atoms with van der Waals surface area (Å²) in [4.78, 5) is 104. The summed E-state index contributed by atoms with van der Waals surface area (Å²) in [6, 6.07) is -5.87. The van der Waals surface area contributed by atoms with Crippen LogP contribution in [0.4, 0.5) is 0 Å². The van der Waals surface area contributed by atoms with Crippen LogP contribution in [0.15, 0.2) is 0 Å². The first kappa shape index (κ1) is 32.2. The molecule has 13 N–H and O–H groups in total. The molecular formula is C18H26N6O13. The van der Waals surface area contributed by atoms with Crippen LogP contribution in [-0.4, -0.2) is 97.5 Å². The maximum Gasteiger partial charge on any atom is 0.326 e. The minimum Gasteiger partial charge on any atom is -0.480 e. The number of nitrogens with two attached hydrogens (primary N) is 3. The van der Waals surface area contributed by atoms with Gasteiger partial charge in [-0.3, -0.25) is 28.8 Å². The van der Waals surface area contributed by atoms with Crippen molar-refractivity contribution in [1.29, 1.82) is 0 Å². The van der Waals surface area contributed by atoms with Crippen LogP contribution >= 0.6 is 0 Å². The van der Waals surface area contributed by atoms with Gasteiger partial charge in [0, 0.05) is 0 Å². The Balaban J connectivity index is 6.02. The third kappa shape index (κ3) is 11.9. The lowest BCUT2D eigenvalue weighted by Gasteiger charge is -2.28. The van der Waals surface area contributed by atoms with Crippen LogP contribution in [0.5, 0.6) is 0 Å². The van der Waals surface area contributed by atoms with Gasteiger partial charge in [-0.1, -0.05) is 0 Å². The van der Waals surface area contributed by atoms with Gasteiger partial charge < -0.3 is 53.6 Å². The van der Waals surface area contributed by atoms with Crippen molar-refractivity contribution < 1.29 is 63.6 Å². The number of carboxylic acid groups (broad SMARTS) is 3. The van der Waals surface area contributed by atoms with Crippen molar-refractivity contribution in [2.24, 2.45) is 17.2 Å². The molecule has 0 aliphatic rings. The summed E-state index contributed by atoms with van der Waals surface area (Å²) in [5, 5.41) is 43.4. The Morgan fingerprint density at radius 2 is 0.838 bits per heavy atom. The maximum absolute atomic E-state index is 12.7. The van der Waals surface area contributed by atoms with E-state index in [0.717, 1.165) is 0 Å². The first-order valence-electron chi connectivity index (χ1n) is 10.0. The summed E-state index contributed by atoms with van der Waals surface area (Å²) in [6.07, 6.45) is -5.63. The number of aliphatic hydroxyl groups is 1. The minimum absolute atomic E-state index is 0.903. The van der Waals surface area contributed by atoms with Gasteiger partial charge in [0.25, 0.3) is 5.91 Å². The van der Waals surface area contributed by atoms with E-state index >= 15 is 0 Å². The summed E-state index contributed by atoms with van der Waals surface area (Å²) in [5.41, 5.74) is 11.5. The third-order valence-electron chi connectivity index (χ3n) is 4.41. The van der Waals surface area contributed by atoms with Crippen LogP contribution in [0.25, 0.3) is 0 Å². The molecule has 37 heavy (non-hydrogen) atoms. The van der Waals surface area contributed by atoms with E-state index < -0.39 is 109 Å². The lowest BCUT2D eigenvalue weighted by Crippen LogP contribution is -2.57. The molecule has 0 heterocycles. The van der Waals surface area contributed by atoms with E-state index in [-0.39, 0.29) is 0 Å². The van der Waals surface area contributed by atoms with Gasteiger partial charge >= 0.3 is 17.9 Å². The molecule has 0 aromatic carbocycles. The molecule has 0 radical (unpaired) electrons. The van der Waals surface area contributed by atoms with Crippen molar-refractivity contribution in [3.63, 3.8) is 0 Å². The highest BCUT2D eigenvalue weighted by Gasteiger charge is 2.43. The molecular weight excluding hydrogens is 508 g/mol. The molecule has 3 unspecified atom stereocenters. The predicted molar refractivity (Wildman–Crippen MR) is 114 cm³/mol. The van der Waals surface area contributed by atoms with Crippen molar-refractivity contribution in [2.45, 2.75) is 55.8 Å². The summed E-state index contributed by atoms with van der Waals surface area (Å²) in [5.74, 6) is -13.4. The Labute approximate surface area is 206 Å². The van der Waals surface area contributed by atoms with Crippen molar-refractivity contribution >= 4 is 53.4 Å². The van der Waals surface area contributed by atoms with E-state index in [1.807, 2.05) is 0 Å². The molecule has 0 aromatic rings. The van der Waals surface area contributed by atoms with Gasteiger partial charge in [0.15, 0.2) is 5.60 Å². The molecule has 6 amide bonds. The highest BCUT2D eigenvalue weighted by Crippen LogP contribution is 2.18. The van der Waals surface area contributed by atoms with E-state index in [4.69, 9.17) is 32.5 Å². The zero-order valence-electron chi connectivity index (χ0n) is 19.0. The Morgan fingerprint density at radius 1 is 0.568 bits per heavy atom. The molecule has 19 nitrogen and oxygen atoms in total. The summed E-state index contributed by atoms with van der Waals surface area (Å²) in [6.45, 7) is 0. The molecule has 0 aliphatic heterocycles. The topological polar surface area (TPSA) is 349 Å². The van der Waals surface area contributed by atoms with E-state index in [9.17, 15) is 48.3 Å². The van der Waals surface area contributed by atoms with Crippen LogP contribution in [0.3, 0.4) is 0 Å². The van der Waals surface area contributed by atoms with E-state index in [1.165, 1.54) is 0 Å². The van der Waals surface area contributed by atoms with Gasteiger partial charge in [0.05, 0.1) is 32.1 Å². The number of rotatable bonds is 17. The van der Waals surface area contributed by atoms with Gasteiger partial charge in [-0.05, 0) is 0 Å². The molecule has 0 saturated heterocycles. The monoisotopic (exact) mass is 534 g/mol. The number of nitrogens with one attached hydrogen (secondary N) is 3. The Bertz CT molecular complexity index is 931. The number of carboxylic acids is 3. The number of carbonyl (C=O) groups is 9. The minimum atomic E-state index is -3.18. The summed E-state index contributed by atoms with van der Waals surface area (Å²) >= 11 is 0. The molecule has 0 bridgehead atoms. The van der Waals surface area contributed by atoms with Crippen LogP contribution in [0, 0.1) is 0 Å². The largest absolute Gasteiger partial charge is 0.480 e. The molecule has 206 valence electrons. The molecule has 0 fully saturated rings. The Kier molecular flexibility index (Phi) is 12.1. The summed E-state index contributed by atoms with van der Waals surface area (Å²) in [7, 11) is 0. The second-order valence-electron chi connectivity index (χ2n) is 7.68. The van der Waals surface area contributed by atoms with Crippen LogP contribution < -0.4 is 33.2 Å². The standard InChI is InChI=1S/C18H26N6O13/c19-9(25)1-6(14(30)31)22-12(28)4-18(37,17(36)24-8(16(34)35)3-11(21)27)5-13(29)23-7(15(32)33)2-10(20)26/h6-8,37H,1-5H2,(H2,19,25)(H2,20,26)(H2,21,27)(H,22,28)(H,23,29)(H,24,36)(H,30,31)(H,32,33)(H,34,35). The van der Waals surface area contributed by atoms with Crippen LogP contribution in [0.1, 0.15) is 32.1 Å². The zero-order chi connectivity index (χ0) is 29.1. The number of primary amides is 3. The average molecular weight is 534 g/mol. The fourth-order valence-corrected chi connectivity index (χ4v) is 2.74. The number of aliphatic carboxylic acids is 3. The normalized spacial score (nSPS) is 14.5. The fraction of sp³-hybridized carbons (Fsp3) is 0.500. The van der Waals surface area contributed by atoms with Gasteiger partial charge in [0.2, 0.25) is 29.5 Å². The van der Waals surface area contributed by atoms with Gasteiger partial charge in [0.1, 0.15) is 18.1 Å². The predicted octanol–water partition coefficient (Wildman–Crippen LogP) is -6.17. The van der Waals surface area contributed by atoms with Gasteiger partial charge in [-0.2, -0.15) is 0 Å². The van der Waals surface area contributed by atoms with E-state index in [1.54, 1.807) is 16.0 Å². The number of amides is 6. The maximum atomic E-state index is 12.7. The van der Waals surface area contributed by atoms with Gasteiger partial charge in [-0.15, -0.1) is 0 Å². The zero-order valence-corrected chi connectivity index (χ0v) is 19.0. The SMILES string of the molecule is NC(=O)CC(NC(=O)CC(O)(CC(=O)NC(CC(N)=O)C(=O)O)C(=O)NC(CC(N)=O)C(=O)O)C(=O)O. The molecule has 0 rings (SSSR count). The number of carbonyl (C=O) groups excluding carboxylic acids is 6. The van der Waals surface area contributed by atoms with E-state index in [0.29, 0.717) is 0 Å². The number of hydrogen-bond acceptors (Lipinski definition) is 10. The van der Waals surface area contributed by atoms with Crippen LogP contribution in [0.2, 0.25) is 0 Å². The smallest absolute Gasteiger partial charge is 0.326 e. The molecule has 0 saturated carbocycles. The second kappa shape index (κ2) is 13.9. The Hall–Kier alpha value is -4.81. The highest BCUT2D eigenvalue weighted by molar-refractivity contribution is 5.99. The molecule has 0 spiro atoms. The van der Waals surface area contributed by atoms with E-state index in [2.05, 4.69) is 0 Å². The molecule has 0 aromatic heterocycles. The average Bonchev–Trinajstić information content (AvgIpc) is 2.70. The molecule has 0 aliphatic carbocycles. The van der Waals surface area contributed by atoms with Crippen molar-refractivity contribution in [3.8, 4) is 0 Å². The fourth-order valence-electron chi connectivity index (χ4n) is 2.74. The quantitative estimate of drug-likeness (QED) is 0.0831. The second-order valence-corrected chi connectivity index (χ2v) is 7.68. The third-order valence-corrected chi connectivity index (χ3v) is 4.41. The first-order chi connectivity index (χ1) is 16.9. The molecule has 19 heteroatoms.